The average Bonchev–Trinajstić information content (AvgIpc) is 3.15. The van der Waals surface area contributed by atoms with Gasteiger partial charge in [-0.2, -0.15) is 0 Å². The van der Waals surface area contributed by atoms with Crippen LogP contribution in [0.15, 0.2) is 35.3 Å². The van der Waals surface area contributed by atoms with Crippen molar-refractivity contribution in [2.75, 3.05) is 33.2 Å². The van der Waals surface area contributed by atoms with E-state index in [-0.39, 0.29) is 11.9 Å². The minimum Gasteiger partial charge on any atom is -0.356 e. The quantitative estimate of drug-likeness (QED) is 0.490. The molecule has 0 aromatic heterocycles. The monoisotopic (exact) mass is 359 g/mol. The lowest BCUT2D eigenvalue weighted by Gasteiger charge is -2.29. The van der Waals surface area contributed by atoms with Gasteiger partial charge in [-0.3, -0.25) is 14.7 Å². The molecular weight excluding hydrogens is 326 g/mol. The first kappa shape index (κ1) is 20.2. The SMILES string of the molecule is CN=C(NCCC(=O)NC(C)C)NCC(c1ccccc1)N1CCCC1. The van der Waals surface area contributed by atoms with Crippen molar-refractivity contribution in [1.29, 1.82) is 0 Å². The van der Waals surface area contributed by atoms with E-state index in [1.54, 1.807) is 7.05 Å². The molecule has 1 amide bonds. The molecule has 6 heteroatoms. The van der Waals surface area contributed by atoms with Crippen molar-refractivity contribution in [1.82, 2.24) is 20.9 Å². The Kier molecular flexibility index (Phi) is 8.41. The molecule has 26 heavy (non-hydrogen) atoms. The first-order chi connectivity index (χ1) is 12.6. The summed E-state index contributed by atoms with van der Waals surface area (Å²) in [5.74, 6) is 0.796. The minimum absolute atomic E-state index is 0.0576. The van der Waals surface area contributed by atoms with Crippen molar-refractivity contribution in [2.24, 2.45) is 4.99 Å². The van der Waals surface area contributed by atoms with Crippen LogP contribution in [0.2, 0.25) is 0 Å². The molecule has 0 bridgehead atoms. The Balaban J connectivity index is 1.85. The van der Waals surface area contributed by atoms with Gasteiger partial charge < -0.3 is 16.0 Å². The number of carbonyl (C=O) groups excluding carboxylic acids is 1. The third kappa shape index (κ3) is 6.67. The molecule has 1 unspecified atom stereocenters. The molecular formula is C20H33N5O. The van der Waals surface area contributed by atoms with Gasteiger partial charge in [-0.25, -0.2) is 0 Å². The molecule has 3 N–H and O–H groups in total. The van der Waals surface area contributed by atoms with Gasteiger partial charge in [-0.05, 0) is 45.3 Å². The molecule has 144 valence electrons. The largest absolute Gasteiger partial charge is 0.356 e. The number of nitrogens with zero attached hydrogens (tertiary/aromatic N) is 2. The highest BCUT2D eigenvalue weighted by Crippen LogP contribution is 2.24. The van der Waals surface area contributed by atoms with Crippen LogP contribution in [0.5, 0.6) is 0 Å². The smallest absolute Gasteiger partial charge is 0.221 e. The summed E-state index contributed by atoms with van der Waals surface area (Å²) in [6, 6.07) is 11.1. The molecule has 1 aliphatic heterocycles. The molecule has 0 saturated carbocycles. The summed E-state index contributed by atoms with van der Waals surface area (Å²) in [6.07, 6.45) is 2.97. The summed E-state index contributed by atoms with van der Waals surface area (Å²) in [7, 11) is 1.76. The maximum absolute atomic E-state index is 11.7. The highest BCUT2D eigenvalue weighted by Gasteiger charge is 2.23. The van der Waals surface area contributed by atoms with Crippen LogP contribution in [0.25, 0.3) is 0 Å². The maximum atomic E-state index is 11.7. The number of aliphatic imine (C=N–C) groups is 1. The van der Waals surface area contributed by atoms with Gasteiger partial charge in [0.05, 0.1) is 6.04 Å². The second kappa shape index (κ2) is 10.8. The molecule has 1 aromatic rings. The lowest BCUT2D eigenvalue weighted by molar-refractivity contribution is -0.121. The molecule has 0 spiro atoms. The van der Waals surface area contributed by atoms with Crippen molar-refractivity contribution in [3.05, 3.63) is 35.9 Å². The first-order valence-electron chi connectivity index (χ1n) is 9.63. The number of amides is 1. The molecule has 2 rings (SSSR count). The van der Waals surface area contributed by atoms with Gasteiger partial charge in [0.25, 0.3) is 0 Å². The van der Waals surface area contributed by atoms with Crippen LogP contribution in [-0.2, 0) is 4.79 Å². The average molecular weight is 360 g/mol. The Morgan fingerprint density at radius 1 is 1.15 bits per heavy atom. The fraction of sp³-hybridized carbons (Fsp3) is 0.600. The Morgan fingerprint density at radius 2 is 1.85 bits per heavy atom. The lowest BCUT2D eigenvalue weighted by Crippen LogP contribution is -2.43. The van der Waals surface area contributed by atoms with Crippen LogP contribution in [0, 0.1) is 0 Å². The van der Waals surface area contributed by atoms with E-state index in [0.717, 1.165) is 25.6 Å². The summed E-state index contributed by atoms with van der Waals surface area (Å²) >= 11 is 0. The van der Waals surface area contributed by atoms with Crippen LogP contribution < -0.4 is 16.0 Å². The van der Waals surface area contributed by atoms with E-state index in [9.17, 15) is 4.79 Å². The number of hydrogen-bond acceptors (Lipinski definition) is 3. The molecule has 1 aliphatic rings. The Hall–Kier alpha value is -2.08. The number of rotatable bonds is 8. The molecule has 1 atom stereocenters. The topological polar surface area (TPSA) is 68.8 Å². The van der Waals surface area contributed by atoms with Crippen molar-refractivity contribution in [3.8, 4) is 0 Å². The number of nitrogens with one attached hydrogen (secondary N) is 3. The standard InChI is InChI=1S/C20H33N5O/c1-16(2)24-19(26)11-12-22-20(21-3)23-15-18(25-13-7-8-14-25)17-9-5-4-6-10-17/h4-6,9-10,16,18H,7-8,11-15H2,1-3H3,(H,24,26)(H2,21,22,23). The summed E-state index contributed by atoms with van der Waals surface area (Å²) in [6.45, 7) is 7.58. The predicted molar refractivity (Wildman–Crippen MR) is 107 cm³/mol. The van der Waals surface area contributed by atoms with Gasteiger partial charge in [0.2, 0.25) is 5.91 Å². The molecule has 1 heterocycles. The zero-order valence-corrected chi connectivity index (χ0v) is 16.3. The number of guanidine groups is 1. The summed E-state index contributed by atoms with van der Waals surface area (Å²) in [4.78, 5) is 18.5. The zero-order valence-electron chi connectivity index (χ0n) is 16.3. The van der Waals surface area contributed by atoms with E-state index in [2.05, 4.69) is 56.2 Å². The first-order valence-corrected chi connectivity index (χ1v) is 9.63. The van der Waals surface area contributed by atoms with E-state index in [1.165, 1.54) is 18.4 Å². The van der Waals surface area contributed by atoms with Crippen molar-refractivity contribution >= 4 is 11.9 Å². The van der Waals surface area contributed by atoms with Gasteiger partial charge in [0.1, 0.15) is 0 Å². The highest BCUT2D eigenvalue weighted by atomic mass is 16.1. The second-order valence-electron chi connectivity index (χ2n) is 7.02. The van der Waals surface area contributed by atoms with Crippen LogP contribution >= 0.6 is 0 Å². The number of benzene rings is 1. The van der Waals surface area contributed by atoms with Gasteiger partial charge in [-0.1, -0.05) is 30.3 Å². The lowest BCUT2D eigenvalue weighted by atomic mass is 10.1. The summed E-state index contributed by atoms with van der Waals surface area (Å²) < 4.78 is 0. The molecule has 1 saturated heterocycles. The van der Waals surface area contributed by atoms with E-state index in [4.69, 9.17) is 0 Å². The van der Waals surface area contributed by atoms with Crippen molar-refractivity contribution in [2.45, 2.75) is 45.2 Å². The molecule has 0 radical (unpaired) electrons. The zero-order chi connectivity index (χ0) is 18.8. The van der Waals surface area contributed by atoms with E-state index in [1.807, 2.05) is 13.8 Å². The van der Waals surface area contributed by atoms with E-state index >= 15 is 0 Å². The minimum atomic E-state index is 0.0576. The van der Waals surface area contributed by atoms with Gasteiger partial charge in [0.15, 0.2) is 5.96 Å². The molecule has 1 aromatic carbocycles. The van der Waals surface area contributed by atoms with Crippen LogP contribution in [0.3, 0.4) is 0 Å². The fourth-order valence-corrected chi connectivity index (χ4v) is 3.29. The number of hydrogen-bond donors (Lipinski definition) is 3. The normalized spacial score (nSPS) is 16.5. The van der Waals surface area contributed by atoms with Crippen LogP contribution in [0.1, 0.15) is 44.7 Å². The molecule has 6 nitrogen and oxygen atoms in total. The Labute approximate surface area is 157 Å². The van der Waals surface area contributed by atoms with Crippen molar-refractivity contribution < 1.29 is 4.79 Å². The Bertz CT molecular complexity index is 567. The van der Waals surface area contributed by atoms with Crippen LogP contribution in [0.4, 0.5) is 0 Å². The van der Waals surface area contributed by atoms with E-state index < -0.39 is 0 Å². The van der Waals surface area contributed by atoms with Gasteiger partial charge >= 0.3 is 0 Å². The highest BCUT2D eigenvalue weighted by molar-refractivity contribution is 5.81. The van der Waals surface area contributed by atoms with Crippen LogP contribution in [-0.4, -0.2) is 56.0 Å². The van der Waals surface area contributed by atoms with Crippen molar-refractivity contribution in [3.63, 3.8) is 0 Å². The maximum Gasteiger partial charge on any atom is 0.221 e. The third-order valence-electron chi connectivity index (χ3n) is 4.55. The predicted octanol–water partition coefficient (Wildman–Crippen LogP) is 1.90. The number of likely N-dealkylation sites (tertiary alicyclic amines) is 1. The summed E-state index contributed by atoms with van der Waals surface area (Å²) in [5, 5.41) is 9.55. The van der Waals surface area contributed by atoms with Gasteiger partial charge in [0, 0.05) is 32.6 Å². The number of carbonyl (C=O) groups is 1. The van der Waals surface area contributed by atoms with Gasteiger partial charge in [-0.15, -0.1) is 0 Å². The third-order valence-corrected chi connectivity index (χ3v) is 4.55. The summed E-state index contributed by atoms with van der Waals surface area (Å²) in [5.41, 5.74) is 1.33. The van der Waals surface area contributed by atoms with E-state index in [0.29, 0.717) is 19.0 Å². The second-order valence-corrected chi connectivity index (χ2v) is 7.02. The fourth-order valence-electron chi connectivity index (χ4n) is 3.29. The Morgan fingerprint density at radius 3 is 2.46 bits per heavy atom. The molecule has 1 fully saturated rings. The molecule has 0 aliphatic carbocycles.